The normalized spacial score (nSPS) is 10.8. The zero-order valence-electron chi connectivity index (χ0n) is 8.70. The van der Waals surface area contributed by atoms with Crippen molar-refractivity contribution in [2.75, 3.05) is 0 Å². The van der Waals surface area contributed by atoms with Gasteiger partial charge in [0.15, 0.2) is 0 Å². The third kappa shape index (κ3) is 1.63. The van der Waals surface area contributed by atoms with Gasteiger partial charge >= 0.3 is 5.97 Å². The Bertz CT molecular complexity index is 526. The maximum absolute atomic E-state index is 10.9. The first kappa shape index (κ1) is 10.2. The fourth-order valence-corrected chi connectivity index (χ4v) is 2.97. The highest BCUT2D eigenvalue weighted by Gasteiger charge is 2.11. The van der Waals surface area contributed by atoms with E-state index in [4.69, 9.17) is 5.11 Å². The molecule has 0 unspecified atom stereocenters. The van der Waals surface area contributed by atoms with Crippen LogP contribution in [0.1, 0.15) is 27.7 Å². The van der Waals surface area contributed by atoms with Crippen molar-refractivity contribution >= 4 is 27.4 Å². The Kier molecular flexibility index (Phi) is 2.49. The van der Waals surface area contributed by atoms with E-state index < -0.39 is 5.97 Å². The van der Waals surface area contributed by atoms with Crippen molar-refractivity contribution in [2.24, 2.45) is 0 Å². The largest absolute Gasteiger partial charge is 0.477 e. The van der Waals surface area contributed by atoms with Gasteiger partial charge in [0.05, 0.1) is 0 Å². The van der Waals surface area contributed by atoms with Crippen molar-refractivity contribution in [2.45, 2.75) is 20.3 Å². The number of aromatic carboxylic acids is 1. The lowest BCUT2D eigenvalue weighted by molar-refractivity contribution is 0.0702. The second-order valence-corrected chi connectivity index (χ2v) is 4.60. The Morgan fingerprint density at radius 1 is 1.47 bits per heavy atom. The van der Waals surface area contributed by atoms with Crippen molar-refractivity contribution < 1.29 is 9.90 Å². The van der Waals surface area contributed by atoms with Crippen molar-refractivity contribution in [3.05, 3.63) is 34.2 Å². The van der Waals surface area contributed by atoms with Gasteiger partial charge in [0.2, 0.25) is 0 Å². The van der Waals surface area contributed by atoms with Gasteiger partial charge in [0, 0.05) is 4.70 Å². The van der Waals surface area contributed by atoms with Crippen LogP contribution in [0.3, 0.4) is 0 Å². The van der Waals surface area contributed by atoms with E-state index in [2.05, 4.69) is 19.9 Å². The van der Waals surface area contributed by atoms with Gasteiger partial charge in [-0.25, -0.2) is 4.79 Å². The molecular weight excluding hydrogens is 208 g/mol. The molecule has 0 atom stereocenters. The number of hydrogen-bond donors (Lipinski definition) is 1. The molecule has 2 aromatic rings. The Balaban J connectivity index is 2.75. The molecule has 3 heteroatoms. The van der Waals surface area contributed by atoms with Gasteiger partial charge in [-0.15, -0.1) is 11.3 Å². The molecule has 2 rings (SSSR count). The Hall–Kier alpha value is -1.35. The van der Waals surface area contributed by atoms with Crippen molar-refractivity contribution in [3.63, 3.8) is 0 Å². The number of carboxylic acids is 1. The molecule has 0 radical (unpaired) electrons. The summed E-state index contributed by atoms with van der Waals surface area (Å²) in [5.41, 5.74) is 2.51. The number of carboxylic acid groups (broad SMARTS) is 1. The highest BCUT2D eigenvalue weighted by Crippen LogP contribution is 2.31. The second kappa shape index (κ2) is 3.66. The monoisotopic (exact) mass is 220 g/mol. The molecule has 0 saturated heterocycles. The summed E-state index contributed by atoms with van der Waals surface area (Å²) in [6, 6.07) is 5.80. The summed E-state index contributed by atoms with van der Waals surface area (Å²) in [6.07, 6.45) is 0.947. The lowest BCUT2D eigenvalue weighted by atomic mass is 10.0. The van der Waals surface area contributed by atoms with E-state index in [-0.39, 0.29) is 0 Å². The molecule has 0 saturated carbocycles. The minimum Gasteiger partial charge on any atom is -0.477 e. The minimum atomic E-state index is -0.837. The maximum atomic E-state index is 10.9. The summed E-state index contributed by atoms with van der Waals surface area (Å²) in [7, 11) is 0. The van der Waals surface area contributed by atoms with E-state index in [1.165, 1.54) is 22.5 Å². The molecule has 1 aromatic carbocycles. The first-order valence-corrected chi connectivity index (χ1v) is 5.70. The molecule has 1 N–H and O–H groups in total. The molecule has 0 bridgehead atoms. The van der Waals surface area contributed by atoms with Gasteiger partial charge in [0.1, 0.15) is 4.88 Å². The summed E-state index contributed by atoms with van der Waals surface area (Å²) >= 11 is 1.37. The average molecular weight is 220 g/mol. The number of fused-ring (bicyclic) bond motifs is 1. The molecular formula is C12H12O2S. The predicted molar refractivity (Wildman–Crippen MR) is 62.9 cm³/mol. The quantitative estimate of drug-likeness (QED) is 0.841. The summed E-state index contributed by atoms with van der Waals surface area (Å²) in [5.74, 6) is -0.837. The molecule has 15 heavy (non-hydrogen) atoms. The molecule has 0 spiro atoms. The first-order chi connectivity index (χ1) is 7.13. The van der Waals surface area contributed by atoms with E-state index in [1.807, 2.05) is 6.07 Å². The highest BCUT2D eigenvalue weighted by atomic mass is 32.1. The Morgan fingerprint density at radius 2 is 2.20 bits per heavy atom. The van der Waals surface area contributed by atoms with Gasteiger partial charge in [-0.05, 0) is 35.9 Å². The van der Waals surface area contributed by atoms with E-state index in [9.17, 15) is 4.79 Å². The zero-order chi connectivity index (χ0) is 11.0. The maximum Gasteiger partial charge on any atom is 0.345 e. The summed E-state index contributed by atoms with van der Waals surface area (Å²) in [6.45, 7) is 4.17. The number of rotatable bonds is 2. The van der Waals surface area contributed by atoms with Crippen LogP contribution in [-0.4, -0.2) is 11.1 Å². The molecule has 1 aromatic heterocycles. The number of thiophene rings is 1. The molecule has 0 aliphatic carbocycles. The molecule has 1 heterocycles. The molecule has 0 aliphatic rings. The molecule has 0 amide bonds. The Morgan fingerprint density at radius 3 is 2.80 bits per heavy atom. The van der Waals surface area contributed by atoms with Crippen LogP contribution in [0.15, 0.2) is 18.2 Å². The fourth-order valence-electron chi connectivity index (χ4n) is 1.80. The van der Waals surface area contributed by atoms with Crippen molar-refractivity contribution in [1.82, 2.24) is 0 Å². The van der Waals surface area contributed by atoms with E-state index >= 15 is 0 Å². The molecule has 0 fully saturated rings. The van der Waals surface area contributed by atoms with Crippen LogP contribution in [0, 0.1) is 6.92 Å². The zero-order valence-corrected chi connectivity index (χ0v) is 9.52. The van der Waals surface area contributed by atoms with Gasteiger partial charge in [-0.2, -0.15) is 0 Å². The lowest BCUT2D eigenvalue weighted by Crippen LogP contribution is -1.89. The number of carbonyl (C=O) groups is 1. The molecule has 2 nitrogen and oxygen atoms in total. The van der Waals surface area contributed by atoms with Crippen LogP contribution in [-0.2, 0) is 6.42 Å². The van der Waals surface area contributed by atoms with Crippen LogP contribution >= 0.6 is 11.3 Å². The van der Waals surface area contributed by atoms with Crippen LogP contribution in [0.25, 0.3) is 10.1 Å². The first-order valence-electron chi connectivity index (χ1n) is 4.88. The van der Waals surface area contributed by atoms with E-state index in [0.717, 1.165) is 16.5 Å². The van der Waals surface area contributed by atoms with Gasteiger partial charge in [-0.3, -0.25) is 0 Å². The third-order valence-corrected chi connectivity index (χ3v) is 3.79. The number of benzene rings is 1. The summed E-state index contributed by atoms with van der Waals surface area (Å²) in [5, 5.41) is 9.97. The fraction of sp³-hybridized carbons (Fsp3) is 0.250. The molecule has 78 valence electrons. The smallest absolute Gasteiger partial charge is 0.345 e. The van der Waals surface area contributed by atoms with Gasteiger partial charge in [-0.1, -0.05) is 19.1 Å². The van der Waals surface area contributed by atoms with Crippen molar-refractivity contribution in [3.8, 4) is 0 Å². The van der Waals surface area contributed by atoms with Crippen LogP contribution in [0.2, 0.25) is 0 Å². The summed E-state index contributed by atoms with van der Waals surface area (Å²) < 4.78 is 1.12. The van der Waals surface area contributed by atoms with E-state index in [0.29, 0.717) is 4.88 Å². The molecule has 0 aliphatic heterocycles. The SMILES string of the molecule is CCc1c(C)ccc2cc(C(=O)O)sc12. The standard InChI is InChI=1S/C12H12O2S/c1-3-9-7(2)4-5-8-6-10(12(13)14)15-11(8)9/h4-6H,3H2,1-2H3,(H,13,14). The third-order valence-electron chi connectivity index (χ3n) is 2.59. The predicted octanol–water partition coefficient (Wildman–Crippen LogP) is 3.47. The van der Waals surface area contributed by atoms with E-state index in [1.54, 1.807) is 6.07 Å². The van der Waals surface area contributed by atoms with Crippen LogP contribution in [0.4, 0.5) is 0 Å². The highest BCUT2D eigenvalue weighted by molar-refractivity contribution is 7.20. The van der Waals surface area contributed by atoms with Gasteiger partial charge in [0.25, 0.3) is 0 Å². The summed E-state index contributed by atoms with van der Waals surface area (Å²) in [4.78, 5) is 11.3. The average Bonchev–Trinajstić information content (AvgIpc) is 2.61. The van der Waals surface area contributed by atoms with Gasteiger partial charge < -0.3 is 5.11 Å². The minimum absolute atomic E-state index is 0.422. The topological polar surface area (TPSA) is 37.3 Å². The number of aryl methyl sites for hydroxylation is 2. The number of hydrogen-bond acceptors (Lipinski definition) is 2. The Labute approximate surface area is 92.2 Å². The van der Waals surface area contributed by atoms with Crippen molar-refractivity contribution in [1.29, 1.82) is 0 Å². The lowest BCUT2D eigenvalue weighted by Gasteiger charge is -2.03. The second-order valence-electron chi connectivity index (χ2n) is 3.55. The van der Waals surface area contributed by atoms with Crippen LogP contribution in [0.5, 0.6) is 0 Å². The van der Waals surface area contributed by atoms with Crippen LogP contribution < -0.4 is 0 Å².